The Morgan fingerprint density at radius 3 is 3.00 bits per heavy atom. The quantitative estimate of drug-likeness (QED) is 0.927. The minimum absolute atomic E-state index is 0.0595. The predicted octanol–water partition coefficient (Wildman–Crippen LogP) is 2.08. The summed E-state index contributed by atoms with van der Waals surface area (Å²) in [5, 5.41) is 3.68. The largest absolute Gasteiger partial charge is 0.361 e. The van der Waals surface area contributed by atoms with Crippen molar-refractivity contribution in [2.75, 3.05) is 18.0 Å². The Labute approximate surface area is 117 Å². The van der Waals surface area contributed by atoms with E-state index in [4.69, 9.17) is 10.3 Å². The van der Waals surface area contributed by atoms with Crippen LogP contribution in [0.2, 0.25) is 0 Å². The van der Waals surface area contributed by atoms with Crippen LogP contribution in [0, 0.1) is 6.92 Å². The maximum atomic E-state index is 12.6. The molecule has 0 radical (unpaired) electrons. The highest BCUT2D eigenvalue weighted by molar-refractivity contribution is 6.07. The molecule has 104 valence electrons. The lowest BCUT2D eigenvalue weighted by Gasteiger charge is -2.17. The molecule has 1 aromatic heterocycles. The van der Waals surface area contributed by atoms with E-state index in [0.717, 1.165) is 12.1 Å². The van der Waals surface area contributed by atoms with Gasteiger partial charge in [-0.1, -0.05) is 23.4 Å². The summed E-state index contributed by atoms with van der Waals surface area (Å²) in [5.41, 5.74) is 8.36. The molecule has 0 saturated heterocycles. The molecular weight excluding hydrogens is 254 g/mol. The highest BCUT2D eigenvalue weighted by Gasteiger charge is 2.33. The van der Waals surface area contributed by atoms with Crippen molar-refractivity contribution in [1.29, 1.82) is 0 Å². The molecular formula is C15H17N3O2. The van der Waals surface area contributed by atoms with Crippen LogP contribution in [0.3, 0.4) is 0 Å². The van der Waals surface area contributed by atoms with Gasteiger partial charge in [0.2, 0.25) is 0 Å². The molecule has 5 heteroatoms. The van der Waals surface area contributed by atoms with Crippen molar-refractivity contribution in [1.82, 2.24) is 5.16 Å². The summed E-state index contributed by atoms with van der Waals surface area (Å²) < 4.78 is 4.99. The van der Waals surface area contributed by atoms with E-state index in [-0.39, 0.29) is 5.91 Å². The van der Waals surface area contributed by atoms with Crippen LogP contribution in [-0.2, 0) is 0 Å². The first-order chi connectivity index (χ1) is 9.72. The molecule has 2 aromatic rings. The van der Waals surface area contributed by atoms with Crippen LogP contribution in [0.1, 0.15) is 34.0 Å². The standard InChI is InChI=1S/C15H17N3O2/c1-10-13(8-17-20-10)15(19)18-9-11(6-7-16)12-4-2-3-5-14(12)18/h2-5,8,11H,6-7,9,16H2,1H3. The molecule has 0 spiro atoms. The minimum atomic E-state index is -0.0595. The molecule has 1 atom stereocenters. The van der Waals surface area contributed by atoms with Gasteiger partial charge in [-0.25, -0.2) is 0 Å². The lowest BCUT2D eigenvalue weighted by atomic mass is 9.98. The average Bonchev–Trinajstić information content (AvgIpc) is 3.03. The molecule has 0 fully saturated rings. The maximum Gasteiger partial charge on any atom is 0.263 e. The van der Waals surface area contributed by atoms with Crippen LogP contribution in [0.4, 0.5) is 5.69 Å². The van der Waals surface area contributed by atoms with Crippen molar-refractivity contribution in [3.8, 4) is 0 Å². The van der Waals surface area contributed by atoms with E-state index in [2.05, 4.69) is 11.2 Å². The molecule has 20 heavy (non-hydrogen) atoms. The van der Waals surface area contributed by atoms with Gasteiger partial charge in [0.05, 0.1) is 6.20 Å². The first kappa shape index (κ1) is 12.9. The Balaban J connectivity index is 1.96. The van der Waals surface area contributed by atoms with Gasteiger partial charge in [-0.2, -0.15) is 0 Å². The number of hydrogen-bond donors (Lipinski definition) is 1. The topological polar surface area (TPSA) is 72.4 Å². The first-order valence-electron chi connectivity index (χ1n) is 6.74. The predicted molar refractivity (Wildman–Crippen MR) is 75.8 cm³/mol. The summed E-state index contributed by atoms with van der Waals surface area (Å²) in [6, 6.07) is 8.00. The maximum absolute atomic E-state index is 12.6. The Morgan fingerprint density at radius 2 is 2.30 bits per heavy atom. The first-order valence-corrected chi connectivity index (χ1v) is 6.74. The number of aromatic nitrogens is 1. The van der Waals surface area contributed by atoms with Crippen molar-refractivity contribution < 1.29 is 9.32 Å². The van der Waals surface area contributed by atoms with Gasteiger partial charge < -0.3 is 15.2 Å². The summed E-state index contributed by atoms with van der Waals surface area (Å²) in [6.07, 6.45) is 2.36. The molecule has 2 N–H and O–H groups in total. The Bertz CT molecular complexity index is 636. The lowest BCUT2D eigenvalue weighted by Crippen LogP contribution is -2.30. The highest BCUT2D eigenvalue weighted by atomic mass is 16.5. The summed E-state index contributed by atoms with van der Waals surface area (Å²) >= 11 is 0. The number of carbonyl (C=O) groups is 1. The van der Waals surface area contributed by atoms with Crippen LogP contribution in [0.5, 0.6) is 0 Å². The molecule has 0 saturated carbocycles. The van der Waals surface area contributed by atoms with Gasteiger partial charge >= 0.3 is 0 Å². The third-order valence-corrected chi connectivity index (χ3v) is 3.81. The molecule has 1 aliphatic heterocycles. The fourth-order valence-electron chi connectivity index (χ4n) is 2.79. The van der Waals surface area contributed by atoms with Crippen molar-refractivity contribution in [3.05, 3.63) is 47.3 Å². The van der Waals surface area contributed by atoms with Gasteiger partial charge in [0.1, 0.15) is 11.3 Å². The van der Waals surface area contributed by atoms with Crippen molar-refractivity contribution in [2.24, 2.45) is 5.73 Å². The molecule has 5 nitrogen and oxygen atoms in total. The van der Waals surface area contributed by atoms with Crippen LogP contribution < -0.4 is 10.6 Å². The molecule has 2 heterocycles. The van der Waals surface area contributed by atoms with Crippen molar-refractivity contribution in [2.45, 2.75) is 19.3 Å². The summed E-state index contributed by atoms with van der Waals surface area (Å²) in [7, 11) is 0. The summed E-state index contributed by atoms with van der Waals surface area (Å²) in [5.74, 6) is 0.797. The van der Waals surface area contributed by atoms with Crippen LogP contribution in [0.15, 0.2) is 35.0 Å². The molecule has 1 aliphatic rings. The monoisotopic (exact) mass is 271 g/mol. The fourth-order valence-corrected chi connectivity index (χ4v) is 2.79. The van der Waals surface area contributed by atoms with E-state index in [0.29, 0.717) is 30.3 Å². The lowest BCUT2D eigenvalue weighted by molar-refractivity contribution is 0.0986. The molecule has 0 aliphatic carbocycles. The van der Waals surface area contributed by atoms with Crippen LogP contribution in [-0.4, -0.2) is 24.2 Å². The van der Waals surface area contributed by atoms with Gasteiger partial charge in [0.15, 0.2) is 0 Å². The van der Waals surface area contributed by atoms with Gasteiger partial charge in [-0.05, 0) is 31.5 Å². The zero-order valence-corrected chi connectivity index (χ0v) is 11.4. The van der Waals surface area contributed by atoms with E-state index < -0.39 is 0 Å². The Hall–Kier alpha value is -2.14. The molecule has 1 unspecified atom stereocenters. The third kappa shape index (κ3) is 2.00. The summed E-state index contributed by atoms with van der Waals surface area (Å²) in [6.45, 7) is 3.03. The average molecular weight is 271 g/mol. The Kier molecular flexibility index (Phi) is 3.28. The number of rotatable bonds is 3. The number of anilines is 1. The molecule has 1 amide bonds. The van der Waals surface area contributed by atoms with E-state index in [1.165, 1.54) is 11.8 Å². The second-order valence-corrected chi connectivity index (χ2v) is 5.04. The molecule has 1 aromatic carbocycles. The number of nitrogens with two attached hydrogens (primary N) is 1. The molecule has 0 bridgehead atoms. The van der Waals surface area contributed by atoms with Gasteiger partial charge in [0.25, 0.3) is 5.91 Å². The zero-order chi connectivity index (χ0) is 14.1. The zero-order valence-electron chi connectivity index (χ0n) is 11.4. The minimum Gasteiger partial charge on any atom is -0.361 e. The number of aryl methyl sites for hydroxylation is 1. The number of amides is 1. The van der Waals surface area contributed by atoms with Crippen molar-refractivity contribution in [3.63, 3.8) is 0 Å². The molecule has 3 rings (SSSR count). The second kappa shape index (κ2) is 5.09. The number of para-hydroxylation sites is 1. The van der Waals surface area contributed by atoms with Gasteiger partial charge in [-0.3, -0.25) is 4.79 Å². The summed E-state index contributed by atoms with van der Waals surface area (Å²) in [4.78, 5) is 14.4. The number of hydrogen-bond acceptors (Lipinski definition) is 4. The van der Waals surface area contributed by atoms with E-state index in [9.17, 15) is 4.79 Å². The van der Waals surface area contributed by atoms with E-state index in [1.54, 1.807) is 11.8 Å². The third-order valence-electron chi connectivity index (χ3n) is 3.81. The SMILES string of the molecule is Cc1oncc1C(=O)N1CC(CCN)c2ccccc21. The number of nitrogens with zero attached hydrogens (tertiary/aromatic N) is 2. The van der Waals surface area contributed by atoms with Crippen LogP contribution >= 0.6 is 0 Å². The van der Waals surface area contributed by atoms with Crippen LogP contribution in [0.25, 0.3) is 0 Å². The number of carbonyl (C=O) groups excluding carboxylic acids is 1. The van der Waals surface area contributed by atoms with E-state index in [1.807, 2.05) is 18.2 Å². The fraction of sp³-hybridized carbons (Fsp3) is 0.333. The smallest absolute Gasteiger partial charge is 0.263 e. The van der Waals surface area contributed by atoms with Crippen molar-refractivity contribution >= 4 is 11.6 Å². The number of benzene rings is 1. The Morgan fingerprint density at radius 1 is 1.50 bits per heavy atom. The van der Waals surface area contributed by atoms with E-state index >= 15 is 0 Å². The normalized spacial score (nSPS) is 17.3. The second-order valence-electron chi connectivity index (χ2n) is 5.04. The number of fused-ring (bicyclic) bond motifs is 1. The highest BCUT2D eigenvalue weighted by Crippen LogP contribution is 2.38. The van der Waals surface area contributed by atoms with Gasteiger partial charge in [0, 0.05) is 18.2 Å². The van der Waals surface area contributed by atoms with Gasteiger partial charge in [-0.15, -0.1) is 0 Å².